The lowest BCUT2D eigenvalue weighted by Gasteiger charge is -2.32. The number of ether oxygens (including phenoxy) is 2. The average molecular weight is 392 g/mol. The molecule has 1 fully saturated rings. The molecule has 0 spiro atoms. The lowest BCUT2D eigenvalue weighted by molar-refractivity contribution is -0.189. The number of hydrogen-bond acceptors (Lipinski definition) is 5. The van der Waals surface area contributed by atoms with E-state index < -0.39 is 53.7 Å². The number of carbonyl (C=O) groups excluding carboxylic acids is 1. The second kappa shape index (κ2) is 6.98. The van der Waals surface area contributed by atoms with Crippen molar-refractivity contribution in [2.75, 3.05) is 7.11 Å². The van der Waals surface area contributed by atoms with Crippen molar-refractivity contribution in [2.45, 2.75) is 58.1 Å². The van der Waals surface area contributed by atoms with Gasteiger partial charge in [0, 0.05) is 5.46 Å². The first kappa shape index (κ1) is 21.5. The monoisotopic (exact) mass is 392 g/mol. The second-order valence-corrected chi connectivity index (χ2v) is 7.25. The van der Waals surface area contributed by atoms with Crippen LogP contribution in [0.15, 0.2) is 12.1 Å². The summed E-state index contributed by atoms with van der Waals surface area (Å²) in [5, 5.41) is 0. The van der Waals surface area contributed by atoms with Gasteiger partial charge in [-0.05, 0) is 46.8 Å². The molecule has 1 aliphatic rings. The van der Waals surface area contributed by atoms with Gasteiger partial charge in [-0.25, -0.2) is 9.18 Å². The molecule has 27 heavy (non-hydrogen) atoms. The number of hydrogen-bond donors (Lipinski definition) is 0. The third-order valence-corrected chi connectivity index (χ3v) is 4.78. The first-order valence-electron chi connectivity index (χ1n) is 8.20. The minimum absolute atomic E-state index is 0.175. The maximum absolute atomic E-state index is 14.6. The van der Waals surface area contributed by atoms with Crippen LogP contribution in [0, 0.1) is 5.82 Å². The number of carbonyl (C=O) groups is 1. The maximum atomic E-state index is 14.6. The van der Waals surface area contributed by atoms with E-state index in [0.29, 0.717) is 0 Å². The molecule has 0 aromatic heterocycles. The molecule has 0 N–H and O–H groups in total. The van der Waals surface area contributed by atoms with E-state index in [0.717, 1.165) is 26.2 Å². The van der Waals surface area contributed by atoms with Crippen LogP contribution < -0.4 is 10.2 Å². The lowest BCUT2D eigenvalue weighted by Crippen LogP contribution is -2.41. The zero-order valence-corrected chi connectivity index (χ0v) is 15.9. The Balaban J connectivity index is 2.49. The highest BCUT2D eigenvalue weighted by molar-refractivity contribution is 6.62. The molecule has 0 bridgehead atoms. The fourth-order valence-electron chi connectivity index (χ4n) is 2.34. The van der Waals surface area contributed by atoms with E-state index >= 15 is 0 Å². The molecule has 1 atom stereocenters. The van der Waals surface area contributed by atoms with Crippen LogP contribution in [0.3, 0.4) is 0 Å². The summed E-state index contributed by atoms with van der Waals surface area (Å²) in [6.07, 6.45) is -6.90. The maximum Gasteiger partial charge on any atom is 0.497 e. The van der Waals surface area contributed by atoms with Crippen LogP contribution in [0.5, 0.6) is 5.75 Å². The van der Waals surface area contributed by atoms with Gasteiger partial charge >= 0.3 is 19.3 Å². The molecule has 5 nitrogen and oxygen atoms in total. The van der Waals surface area contributed by atoms with Crippen molar-refractivity contribution in [2.24, 2.45) is 0 Å². The Morgan fingerprint density at radius 3 is 2.11 bits per heavy atom. The van der Waals surface area contributed by atoms with Crippen LogP contribution in [0.25, 0.3) is 0 Å². The summed E-state index contributed by atoms with van der Waals surface area (Å²) in [4.78, 5) is 11.8. The summed E-state index contributed by atoms with van der Waals surface area (Å²) in [6, 6.07) is 1.73. The van der Waals surface area contributed by atoms with Crippen molar-refractivity contribution >= 4 is 18.6 Å². The predicted octanol–water partition coefficient (Wildman–Crippen LogP) is 3.24. The lowest BCUT2D eigenvalue weighted by atomic mass is 9.78. The third-order valence-electron chi connectivity index (χ3n) is 4.78. The smallest absolute Gasteiger partial charge is 0.480 e. The standard InChI is InChI=1S/C17H21BF4O5/c1-9(17(20,21)22)25-13-8-11(12(19)7-10(13)14(23)24-6)18-26-15(2,3)16(4,5)27-18/h7-9H,1-6H3/t9-/m0/s1. The molecule has 2 rings (SSSR count). The van der Waals surface area contributed by atoms with E-state index in [9.17, 15) is 22.4 Å². The molecule has 0 amide bonds. The Morgan fingerprint density at radius 1 is 1.15 bits per heavy atom. The molecule has 1 aromatic rings. The molecular formula is C17H21BF4O5. The zero-order chi connectivity index (χ0) is 20.8. The number of alkyl halides is 3. The van der Waals surface area contributed by atoms with Crippen LogP contribution in [0.4, 0.5) is 17.6 Å². The molecule has 0 unspecified atom stereocenters. The fraction of sp³-hybridized carbons (Fsp3) is 0.588. The molecular weight excluding hydrogens is 371 g/mol. The number of halogens is 4. The second-order valence-electron chi connectivity index (χ2n) is 7.25. The van der Waals surface area contributed by atoms with Gasteiger partial charge in [0.15, 0.2) is 6.10 Å². The van der Waals surface area contributed by atoms with E-state index in [1.54, 1.807) is 27.7 Å². The Hall–Kier alpha value is -1.81. The quantitative estimate of drug-likeness (QED) is 0.448. The number of rotatable bonds is 4. The minimum Gasteiger partial charge on any atom is -0.480 e. The first-order valence-corrected chi connectivity index (χ1v) is 8.20. The molecule has 0 aliphatic carbocycles. The van der Waals surface area contributed by atoms with Gasteiger partial charge in [-0.3, -0.25) is 0 Å². The van der Waals surface area contributed by atoms with Gasteiger partial charge < -0.3 is 18.8 Å². The highest BCUT2D eigenvalue weighted by Crippen LogP contribution is 2.37. The van der Waals surface area contributed by atoms with Crippen LogP contribution >= 0.6 is 0 Å². The predicted molar refractivity (Wildman–Crippen MR) is 89.6 cm³/mol. The molecule has 0 radical (unpaired) electrons. The summed E-state index contributed by atoms with van der Waals surface area (Å²) in [5.41, 5.74) is -2.21. The van der Waals surface area contributed by atoms with Gasteiger partial charge in [-0.15, -0.1) is 0 Å². The van der Waals surface area contributed by atoms with Crippen molar-refractivity contribution in [3.63, 3.8) is 0 Å². The molecule has 1 aromatic carbocycles. The zero-order valence-electron chi connectivity index (χ0n) is 15.9. The molecule has 0 saturated carbocycles. The SMILES string of the molecule is COC(=O)c1cc(F)c(B2OC(C)(C)C(C)(C)O2)cc1O[C@@H](C)C(F)(F)F. The Morgan fingerprint density at radius 2 is 1.67 bits per heavy atom. The Labute approximate surface area is 155 Å². The summed E-state index contributed by atoms with van der Waals surface area (Å²) in [6.45, 7) is 7.76. The van der Waals surface area contributed by atoms with E-state index in [4.69, 9.17) is 14.0 Å². The first-order chi connectivity index (χ1) is 12.2. The minimum atomic E-state index is -4.67. The summed E-state index contributed by atoms with van der Waals surface area (Å²) in [7, 11) is -0.149. The topological polar surface area (TPSA) is 54.0 Å². The summed E-state index contributed by atoms with van der Waals surface area (Å²) < 4.78 is 74.1. The third kappa shape index (κ3) is 4.21. The van der Waals surface area contributed by atoms with E-state index in [2.05, 4.69) is 4.74 Å². The molecule has 1 heterocycles. The highest BCUT2D eigenvalue weighted by Gasteiger charge is 2.52. The highest BCUT2D eigenvalue weighted by atomic mass is 19.4. The van der Waals surface area contributed by atoms with Gasteiger partial charge in [0.2, 0.25) is 0 Å². The summed E-state index contributed by atoms with van der Waals surface area (Å²) >= 11 is 0. The van der Waals surface area contributed by atoms with Crippen molar-refractivity contribution in [1.82, 2.24) is 0 Å². The molecule has 1 aliphatic heterocycles. The van der Waals surface area contributed by atoms with Crippen molar-refractivity contribution in [1.29, 1.82) is 0 Å². The average Bonchev–Trinajstić information content (AvgIpc) is 2.74. The van der Waals surface area contributed by atoms with Gasteiger partial charge in [-0.2, -0.15) is 13.2 Å². The molecule has 150 valence electrons. The van der Waals surface area contributed by atoms with E-state index in [-0.39, 0.29) is 5.46 Å². The number of esters is 1. The van der Waals surface area contributed by atoms with Gasteiger partial charge in [0.1, 0.15) is 17.1 Å². The van der Waals surface area contributed by atoms with Crippen molar-refractivity contribution in [3.8, 4) is 5.75 Å². The summed E-state index contributed by atoms with van der Waals surface area (Å²) in [5.74, 6) is -2.39. The van der Waals surface area contributed by atoms with Crippen LogP contribution in [0.1, 0.15) is 45.0 Å². The number of methoxy groups -OCH3 is 1. The van der Waals surface area contributed by atoms with Crippen LogP contribution in [0.2, 0.25) is 0 Å². The molecule has 10 heteroatoms. The van der Waals surface area contributed by atoms with Gasteiger partial charge in [0.05, 0.1) is 18.3 Å². The van der Waals surface area contributed by atoms with Crippen LogP contribution in [-0.4, -0.2) is 43.7 Å². The molecule has 1 saturated heterocycles. The largest absolute Gasteiger partial charge is 0.497 e. The van der Waals surface area contributed by atoms with Crippen molar-refractivity contribution in [3.05, 3.63) is 23.5 Å². The Kier molecular flexibility index (Phi) is 5.55. The van der Waals surface area contributed by atoms with Crippen molar-refractivity contribution < 1.29 is 41.1 Å². The van der Waals surface area contributed by atoms with E-state index in [1.165, 1.54) is 0 Å². The normalized spacial score (nSPS) is 19.7. The Bertz CT molecular complexity index is 717. The number of benzene rings is 1. The van der Waals surface area contributed by atoms with E-state index in [1.807, 2.05) is 0 Å². The fourth-order valence-corrected chi connectivity index (χ4v) is 2.34. The van der Waals surface area contributed by atoms with Crippen LogP contribution in [-0.2, 0) is 14.0 Å². The van der Waals surface area contributed by atoms with Gasteiger partial charge in [0.25, 0.3) is 0 Å². The van der Waals surface area contributed by atoms with Gasteiger partial charge in [-0.1, -0.05) is 0 Å².